The Morgan fingerprint density at radius 3 is 1.84 bits per heavy atom. The Labute approximate surface area is 141 Å². The van der Waals surface area contributed by atoms with Gasteiger partial charge in [-0.15, -0.1) is 11.8 Å². The largest absolute Gasteiger partial charge is 0.379 e. The Morgan fingerprint density at radius 1 is 0.842 bits per heavy atom. The van der Waals surface area contributed by atoms with Crippen molar-refractivity contribution < 1.29 is 4.74 Å². The van der Waals surface area contributed by atoms with E-state index in [0.29, 0.717) is 14.9 Å². The van der Waals surface area contributed by atoms with E-state index in [1.807, 2.05) is 0 Å². The summed E-state index contributed by atoms with van der Waals surface area (Å²) in [7, 11) is 0. The van der Waals surface area contributed by atoms with Crippen molar-refractivity contribution >= 4 is 69.8 Å². The molecule has 0 spiro atoms. The lowest BCUT2D eigenvalue weighted by Crippen LogP contribution is -2.35. The van der Waals surface area contributed by atoms with Gasteiger partial charge in [0.25, 0.3) is 0 Å². The predicted molar refractivity (Wildman–Crippen MR) is 84.6 cm³/mol. The van der Waals surface area contributed by atoms with E-state index in [0.717, 1.165) is 32.2 Å². The topological polar surface area (TPSA) is 12.5 Å². The third kappa shape index (κ3) is 3.78. The minimum atomic E-state index is 0.189. The smallest absolute Gasteiger partial charge is 0.0809 e. The molecule has 1 aliphatic rings. The van der Waals surface area contributed by atoms with E-state index in [1.165, 1.54) is 11.8 Å². The zero-order chi connectivity index (χ0) is 14.0. The summed E-state index contributed by atoms with van der Waals surface area (Å²) >= 11 is 31.8. The third-order valence-electron chi connectivity index (χ3n) is 2.66. The summed E-state index contributed by atoms with van der Waals surface area (Å²) in [6.07, 6.45) is 0. The molecule has 2 nitrogen and oxygen atoms in total. The summed E-state index contributed by atoms with van der Waals surface area (Å²) in [6.45, 7) is 3.25. The summed E-state index contributed by atoms with van der Waals surface area (Å²) in [5, 5.41) is 1.36. The second kappa shape index (κ2) is 7.28. The quantitative estimate of drug-likeness (QED) is 0.399. The van der Waals surface area contributed by atoms with Crippen molar-refractivity contribution in [3.8, 4) is 0 Å². The van der Waals surface area contributed by atoms with E-state index in [1.54, 1.807) is 0 Å². The maximum absolute atomic E-state index is 6.17. The fraction of sp³-hybridized carbons (Fsp3) is 0.455. The first-order chi connectivity index (χ1) is 9.02. The summed E-state index contributed by atoms with van der Waals surface area (Å²) in [6, 6.07) is 0. The Hall–Kier alpha value is 0.940. The van der Waals surface area contributed by atoms with E-state index in [2.05, 4.69) is 4.90 Å². The monoisotopic (exact) mass is 379 g/mol. The lowest BCUT2D eigenvalue weighted by atomic mass is 10.3. The molecular weight excluding hydrogens is 371 g/mol. The molecule has 0 radical (unpaired) electrons. The molecule has 0 aliphatic carbocycles. The minimum absolute atomic E-state index is 0.189. The minimum Gasteiger partial charge on any atom is -0.379 e. The van der Waals surface area contributed by atoms with Crippen molar-refractivity contribution in [2.45, 2.75) is 4.90 Å². The maximum Gasteiger partial charge on any atom is 0.0809 e. The number of ether oxygens (including phenoxy) is 1. The standard InChI is InChI=1S/C11H10Cl5NOS/c12-6-7(13)9(15)11(10(16)8(6)14)19-5-17-1-3-18-4-2-17/h1-5H2. The molecule has 0 amide bonds. The second-order valence-corrected chi connectivity index (χ2v) is 6.75. The SMILES string of the molecule is Clc1c(Cl)c(Cl)c(SCN2CCOCC2)c(Cl)c1Cl. The highest BCUT2D eigenvalue weighted by Crippen LogP contribution is 2.47. The number of rotatable bonds is 3. The lowest BCUT2D eigenvalue weighted by Gasteiger charge is -2.26. The molecular formula is C11H10Cl5NOS. The highest BCUT2D eigenvalue weighted by atomic mass is 35.5. The van der Waals surface area contributed by atoms with Crippen LogP contribution in [-0.4, -0.2) is 37.1 Å². The maximum atomic E-state index is 6.17. The fourth-order valence-corrected chi connectivity index (χ4v) is 4.20. The number of hydrogen-bond acceptors (Lipinski definition) is 3. The number of halogens is 5. The summed E-state index contributed by atoms with van der Waals surface area (Å²) in [5.41, 5.74) is 0. The molecule has 8 heteroatoms. The first-order valence-electron chi connectivity index (χ1n) is 5.46. The molecule has 0 bridgehead atoms. The second-order valence-electron chi connectivity index (χ2n) is 3.90. The van der Waals surface area contributed by atoms with Gasteiger partial charge in [-0.3, -0.25) is 4.90 Å². The van der Waals surface area contributed by atoms with Crippen molar-refractivity contribution in [3.63, 3.8) is 0 Å². The van der Waals surface area contributed by atoms with Crippen molar-refractivity contribution in [1.29, 1.82) is 0 Å². The van der Waals surface area contributed by atoms with Crippen LogP contribution in [0.5, 0.6) is 0 Å². The van der Waals surface area contributed by atoms with E-state index < -0.39 is 0 Å². The number of morpholine rings is 1. The van der Waals surface area contributed by atoms with E-state index in [4.69, 9.17) is 62.7 Å². The average Bonchev–Trinajstić information content (AvgIpc) is 2.44. The predicted octanol–water partition coefficient (Wildman–Crippen LogP) is 5.34. The van der Waals surface area contributed by atoms with Crippen molar-refractivity contribution in [3.05, 3.63) is 25.1 Å². The van der Waals surface area contributed by atoms with E-state index in [9.17, 15) is 0 Å². The van der Waals surface area contributed by atoms with Crippen LogP contribution < -0.4 is 0 Å². The van der Waals surface area contributed by atoms with Gasteiger partial charge in [0, 0.05) is 23.9 Å². The molecule has 2 rings (SSSR count). The van der Waals surface area contributed by atoms with Gasteiger partial charge in [0.2, 0.25) is 0 Å². The summed E-state index contributed by atoms with van der Waals surface area (Å²) in [5.74, 6) is 0.747. The van der Waals surface area contributed by atoms with Gasteiger partial charge in [0.15, 0.2) is 0 Å². The molecule has 1 aromatic carbocycles. The summed E-state index contributed by atoms with van der Waals surface area (Å²) < 4.78 is 5.29. The van der Waals surface area contributed by atoms with Crippen LogP contribution in [-0.2, 0) is 4.74 Å². The Balaban J connectivity index is 2.15. The van der Waals surface area contributed by atoms with Gasteiger partial charge in [-0.2, -0.15) is 0 Å². The first-order valence-corrected chi connectivity index (χ1v) is 8.34. The molecule has 1 heterocycles. The van der Waals surface area contributed by atoms with Crippen LogP contribution >= 0.6 is 69.8 Å². The van der Waals surface area contributed by atoms with Gasteiger partial charge in [-0.05, 0) is 0 Å². The van der Waals surface area contributed by atoms with E-state index in [-0.39, 0.29) is 15.1 Å². The average molecular weight is 382 g/mol. The van der Waals surface area contributed by atoms with Gasteiger partial charge in [0.1, 0.15) is 0 Å². The van der Waals surface area contributed by atoms with Crippen LogP contribution in [0.3, 0.4) is 0 Å². The van der Waals surface area contributed by atoms with Crippen LogP contribution in [0.4, 0.5) is 0 Å². The van der Waals surface area contributed by atoms with Crippen LogP contribution in [0.15, 0.2) is 4.90 Å². The molecule has 1 saturated heterocycles. The molecule has 1 aromatic rings. The normalized spacial score (nSPS) is 16.9. The number of hydrogen-bond donors (Lipinski definition) is 0. The van der Waals surface area contributed by atoms with Crippen molar-refractivity contribution in [2.24, 2.45) is 0 Å². The molecule has 19 heavy (non-hydrogen) atoms. The Kier molecular flexibility index (Phi) is 6.25. The van der Waals surface area contributed by atoms with Crippen molar-refractivity contribution in [2.75, 3.05) is 32.2 Å². The summed E-state index contributed by atoms with van der Waals surface area (Å²) in [4.78, 5) is 2.91. The van der Waals surface area contributed by atoms with E-state index >= 15 is 0 Å². The molecule has 0 atom stereocenters. The van der Waals surface area contributed by atoms with Gasteiger partial charge in [0.05, 0.1) is 38.3 Å². The van der Waals surface area contributed by atoms with Crippen molar-refractivity contribution in [1.82, 2.24) is 4.90 Å². The van der Waals surface area contributed by atoms with Gasteiger partial charge >= 0.3 is 0 Å². The molecule has 0 aromatic heterocycles. The molecule has 1 aliphatic heterocycles. The third-order valence-corrected chi connectivity index (χ3v) is 6.36. The zero-order valence-electron chi connectivity index (χ0n) is 9.69. The van der Waals surface area contributed by atoms with Crippen LogP contribution in [0.25, 0.3) is 0 Å². The van der Waals surface area contributed by atoms with Crippen LogP contribution in [0.1, 0.15) is 0 Å². The highest BCUT2D eigenvalue weighted by molar-refractivity contribution is 7.99. The van der Waals surface area contributed by atoms with Gasteiger partial charge in [-0.25, -0.2) is 0 Å². The number of thioether (sulfide) groups is 1. The lowest BCUT2D eigenvalue weighted by molar-refractivity contribution is 0.0474. The Bertz CT molecular complexity index is 450. The molecule has 1 fully saturated rings. The molecule has 106 valence electrons. The van der Waals surface area contributed by atoms with Crippen LogP contribution in [0, 0.1) is 0 Å². The van der Waals surface area contributed by atoms with Gasteiger partial charge in [-0.1, -0.05) is 58.0 Å². The zero-order valence-corrected chi connectivity index (χ0v) is 14.3. The molecule has 0 N–H and O–H groups in total. The molecule has 0 unspecified atom stereocenters. The van der Waals surface area contributed by atoms with Crippen LogP contribution in [0.2, 0.25) is 25.1 Å². The first kappa shape index (κ1) is 16.3. The highest BCUT2D eigenvalue weighted by Gasteiger charge is 2.20. The number of nitrogens with zero attached hydrogens (tertiary/aromatic N) is 1. The number of benzene rings is 1. The molecule has 0 saturated carbocycles. The fourth-order valence-electron chi connectivity index (χ4n) is 1.60. The van der Waals surface area contributed by atoms with Gasteiger partial charge < -0.3 is 4.74 Å². The Morgan fingerprint density at radius 2 is 1.32 bits per heavy atom.